The molecule has 0 unspecified atom stereocenters. The Bertz CT molecular complexity index is 362. The van der Waals surface area contributed by atoms with E-state index < -0.39 is 5.76 Å². The van der Waals surface area contributed by atoms with Crippen LogP contribution in [0.2, 0.25) is 0 Å². The smallest absolute Gasteiger partial charge is 0.288 e. The minimum Gasteiger partial charge on any atom is -0.382 e. The average molecular weight is 272 g/mol. The fourth-order valence-corrected chi connectivity index (χ4v) is 2.62. The van der Waals surface area contributed by atoms with E-state index in [1.165, 1.54) is 0 Å². The molecule has 0 spiro atoms. The van der Waals surface area contributed by atoms with E-state index in [-0.39, 0.29) is 0 Å². The molecule has 2 rings (SSSR count). The molecule has 0 bridgehead atoms. The maximum absolute atomic E-state index is 12.2. The van der Waals surface area contributed by atoms with Crippen molar-refractivity contribution in [2.24, 2.45) is 0 Å². The highest BCUT2D eigenvalue weighted by Gasteiger charge is 2.16. The van der Waals surface area contributed by atoms with Crippen LogP contribution in [0, 0.1) is 0 Å². The third-order valence-electron chi connectivity index (χ3n) is 3.17. The molecule has 1 fully saturated rings. The number of nitrogens with one attached hydrogen (secondary N) is 1. The molecule has 1 aliphatic rings. The maximum atomic E-state index is 12.2. The molecule has 2 nitrogen and oxygen atoms in total. The lowest BCUT2D eigenvalue weighted by atomic mass is 10.1. The van der Waals surface area contributed by atoms with Crippen molar-refractivity contribution in [3.63, 3.8) is 0 Å². The number of benzene rings is 1. The molecule has 1 aliphatic heterocycles. The monoisotopic (exact) mass is 272 g/mol. The zero-order valence-electron chi connectivity index (χ0n) is 10.4. The predicted octanol–water partition coefficient (Wildman–Crippen LogP) is 3.51. The number of rotatable bonds is 4. The van der Waals surface area contributed by atoms with Crippen molar-refractivity contribution in [2.45, 2.75) is 29.5 Å². The Morgan fingerprint density at radius 1 is 1.22 bits per heavy atom. The van der Waals surface area contributed by atoms with Gasteiger partial charge in [-0.25, -0.2) is 0 Å². The zero-order valence-corrected chi connectivity index (χ0v) is 11.2. The molecule has 1 aromatic carbocycles. The summed E-state index contributed by atoms with van der Waals surface area (Å²) in [6.07, 6.45) is 2.26. The highest BCUT2D eigenvalue weighted by Crippen LogP contribution is 2.26. The molecule has 1 heterocycles. The standard InChI is InChI=1S/C13H18F2N2S/c1-17-8-6-11(7-9-17)16-10-2-4-12(5-3-10)18-13(14)15/h2-5,11,13,16H,6-9H2,1H3. The largest absolute Gasteiger partial charge is 0.382 e. The van der Waals surface area contributed by atoms with Crippen LogP contribution in [-0.4, -0.2) is 36.8 Å². The normalized spacial score (nSPS) is 18.2. The van der Waals surface area contributed by atoms with E-state index in [9.17, 15) is 8.78 Å². The van der Waals surface area contributed by atoms with E-state index in [0.29, 0.717) is 22.7 Å². The van der Waals surface area contributed by atoms with E-state index in [1.54, 1.807) is 12.1 Å². The number of anilines is 1. The van der Waals surface area contributed by atoms with Crippen LogP contribution in [0.25, 0.3) is 0 Å². The van der Waals surface area contributed by atoms with Crippen LogP contribution in [0.3, 0.4) is 0 Å². The number of nitrogens with zero attached hydrogens (tertiary/aromatic N) is 1. The number of likely N-dealkylation sites (tertiary alicyclic amines) is 1. The highest BCUT2D eigenvalue weighted by molar-refractivity contribution is 7.99. The average Bonchev–Trinajstić information content (AvgIpc) is 2.34. The Hall–Kier alpha value is -0.810. The number of thioether (sulfide) groups is 1. The second-order valence-electron chi connectivity index (χ2n) is 4.62. The van der Waals surface area contributed by atoms with E-state index >= 15 is 0 Å². The molecule has 1 N–H and O–H groups in total. The van der Waals surface area contributed by atoms with Crippen molar-refractivity contribution in [3.8, 4) is 0 Å². The SMILES string of the molecule is CN1CCC(Nc2ccc(SC(F)F)cc2)CC1. The summed E-state index contributed by atoms with van der Waals surface area (Å²) in [5.41, 5.74) is 1.02. The van der Waals surface area contributed by atoms with Gasteiger partial charge in [-0.2, -0.15) is 8.78 Å². The van der Waals surface area contributed by atoms with Gasteiger partial charge in [-0.1, -0.05) is 11.8 Å². The molecule has 100 valence electrons. The van der Waals surface area contributed by atoms with Crippen molar-refractivity contribution < 1.29 is 8.78 Å². The Morgan fingerprint density at radius 3 is 2.39 bits per heavy atom. The van der Waals surface area contributed by atoms with Gasteiger partial charge >= 0.3 is 0 Å². The summed E-state index contributed by atoms with van der Waals surface area (Å²) in [7, 11) is 2.13. The fourth-order valence-electron chi connectivity index (χ4n) is 2.12. The second kappa shape index (κ2) is 6.38. The van der Waals surface area contributed by atoms with Crippen LogP contribution in [0.1, 0.15) is 12.8 Å². The summed E-state index contributed by atoms with van der Waals surface area (Å²) in [6, 6.07) is 7.74. The molecule has 0 amide bonds. The first-order valence-corrected chi connectivity index (χ1v) is 7.01. The van der Waals surface area contributed by atoms with E-state index in [1.807, 2.05) is 12.1 Å². The van der Waals surface area contributed by atoms with Gasteiger partial charge in [0.2, 0.25) is 0 Å². The topological polar surface area (TPSA) is 15.3 Å². The molecule has 0 radical (unpaired) electrons. The lowest BCUT2D eigenvalue weighted by molar-refractivity contribution is 0.252. The summed E-state index contributed by atoms with van der Waals surface area (Å²) in [5.74, 6) is -2.35. The summed E-state index contributed by atoms with van der Waals surface area (Å²) in [4.78, 5) is 2.93. The van der Waals surface area contributed by atoms with Gasteiger partial charge in [-0.3, -0.25) is 0 Å². The third-order valence-corrected chi connectivity index (χ3v) is 3.89. The first-order valence-electron chi connectivity index (χ1n) is 6.13. The van der Waals surface area contributed by atoms with Gasteiger partial charge in [0.1, 0.15) is 0 Å². The summed E-state index contributed by atoms with van der Waals surface area (Å²) in [6.45, 7) is 2.22. The van der Waals surface area contributed by atoms with Gasteiger partial charge in [0.15, 0.2) is 0 Å². The third kappa shape index (κ3) is 4.14. The second-order valence-corrected chi connectivity index (χ2v) is 5.69. The molecular formula is C13H18F2N2S. The first kappa shape index (κ1) is 13.6. The molecule has 1 saturated heterocycles. The van der Waals surface area contributed by atoms with Crippen LogP contribution in [-0.2, 0) is 0 Å². The van der Waals surface area contributed by atoms with Gasteiger partial charge in [0.25, 0.3) is 5.76 Å². The van der Waals surface area contributed by atoms with Crippen molar-refractivity contribution >= 4 is 17.4 Å². The Balaban J connectivity index is 1.86. The van der Waals surface area contributed by atoms with Gasteiger partial charge in [0.05, 0.1) is 0 Å². The summed E-state index contributed by atoms with van der Waals surface area (Å²) >= 11 is 0.586. The quantitative estimate of drug-likeness (QED) is 0.844. The van der Waals surface area contributed by atoms with Crippen LogP contribution in [0.4, 0.5) is 14.5 Å². The number of piperidine rings is 1. The number of hydrogen-bond donors (Lipinski definition) is 1. The van der Waals surface area contributed by atoms with E-state index in [0.717, 1.165) is 31.6 Å². The van der Waals surface area contributed by atoms with Crippen LogP contribution in [0.5, 0.6) is 0 Å². The van der Waals surface area contributed by atoms with Crippen molar-refractivity contribution in [1.82, 2.24) is 4.90 Å². The first-order chi connectivity index (χ1) is 8.63. The van der Waals surface area contributed by atoms with Gasteiger partial charge in [0, 0.05) is 16.6 Å². The van der Waals surface area contributed by atoms with Crippen molar-refractivity contribution in [2.75, 3.05) is 25.5 Å². The minimum atomic E-state index is -2.35. The van der Waals surface area contributed by atoms with Gasteiger partial charge < -0.3 is 10.2 Å². The summed E-state index contributed by atoms with van der Waals surface area (Å²) in [5, 5.41) is 3.46. The van der Waals surface area contributed by atoms with Crippen LogP contribution >= 0.6 is 11.8 Å². The number of halogens is 2. The van der Waals surface area contributed by atoms with E-state index in [4.69, 9.17) is 0 Å². The zero-order chi connectivity index (χ0) is 13.0. The van der Waals surface area contributed by atoms with Crippen LogP contribution in [0.15, 0.2) is 29.2 Å². The molecule has 0 saturated carbocycles. The lowest BCUT2D eigenvalue weighted by Crippen LogP contribution is -2.36. The predicted molar refractivity (Wildman–Crippen MR) is 72.4 cm³/mol. The molecule has 18 heavy (non-hydrogen) atoms. The highest BCUT2D eigenvalue weighted by atomic mass is 32.2. The van der Waals surface area contributed by atoms with Crippen molar-refractivity contribution in [1.29, 1.82) is 0 Å². The fraction of sp³-hybridized carbons (Fsp3) is 0.538. The van der Waals surface area contributed by atoms with Crippen molar-refractivity contribution in [3.05, 3.63) is 24.3 Å². The molecular weight excluding hydrogens is 254 g/mol. The minimum absolute atomic E-state index is 0.495. The lowest BCUT2D eigenvalue weighted by Gasteiger charge is -2.30. The Labute approximate surface area is 111 Å². The molecule has 0 atom stereocenters. The van der Waals surface area contributed by atoms with Gasteiger partial charge in [-0.15, -0.1) is 0 Å². The molecule has 1 aromatic rings. The maximum Gasteiger partial charge on any atom is 0.288 e. The Morgan fingerprint density at radius 2 is 1.83 bits per heavy atom. The van der Waals surface area contributed by atoms with Crippen LogP contribution < -0.4 is 5.32 Å². The number of alkyl halides is 2. The number of hydrogen-bond acceptors (Lipinski definition) is 3. The Kier molecular flexibility index (Phi) is 4.83. The molecule has 0 aliphatic carbocycles. The molecule has 0 aromatic heterocycles. The van der Waals surface area contributed by atoms with E-state index in [2.05, 4.69) is 17.3 Å². The van der Waals surface area contributed by atoms with Gasteiger partial charge in [-0.05, 0) is 57.2 Å². The summed E-state index contributed by atoms with van der Waals surface area (Å²) < 4.78 is 24.3. The molecule has 5 heteroatoms.